The molecule has 29 heavy (non-hydrogen) atoms. The number of nitrogens with zero attached hydrogens (tertiary/aromatic N) is 5. The van der Waals surface area contributed by atoms with Crippen molar-refractivity contribution in [1.82, 2.24) is 24.7 Å². The first-order valence-corrected chi connectivity index (χ1v) is 9.33. The van der Waals surface area contributed by atoms with Gasteiger partial charge in [-0.05, 0) is 42.8 Å². The summed E-state index contributed by atoms with van der Waals surface area (Å²) in [5.41, 5.74) is 10.3. The number of aryl methyl sites for hydroxylation is 1. The maximum absolute atomic E-state index is 11.2. The van der Waals surface area contributed by atoms with E-state index in [1.807, 2.05) is 48.1 Å². The van der Waals surface area contributed by atoms with Gasteiger partial charge in [-0.3, -0.25) is 14.5 Å². The number of hydrogen-bond acceptors (Lipinski definition) is 5. The van der Waals surface area contributed by atoms with Crippen LogP contribution < -0.4 is 5.73 Å². The highest BCUT2D eigenvalue weighted by molar-refractivity contribution is 5.92. The van der Waals surface area contributed by atoms with Crippen LogP contribution in [0.25, 0.3) is 22.5 Å². The molecule has 7 heteroatoms. The van der Waals surface area contributed by atoms with E-state index in [2.05, 4.69) is 15.1 Å². The zero-order valence-corrected chi connectivity index (χ0v) is 16.0. The lowest BCUT2D eigenvalue weighted by Crippen LogP contribution is -2.10. The van der Waals surface area contributed by atoms with Crippen molar-refractivity contribution < 1.29 is 4.79 Å². The number of rotatable bonds is 6. The Labute approximate surface area is 168 Å². The summed E-state index contributed by atoms with van der Waals surface area (Å²) in [5.74, 6) is 0.251. The molecule has 1 amide bonds. The second-order valence-corrected chi connectivity index (χ2v) is 6.58. The first kappa shape index (κ1) is 18.5. The van der Waals surface area contributed by atoms with E-state index < -0.39 is 5.91 Å². The molecule has 0 unspecified atom stereocenters. The van der Waals surface area contributed by atoms with Crippen LogP contribution in [0.2, 0.25) is 0 Å². The summed E-state index contributed by atoms with van der Waals surface area (Å²) >= 11 is 0. The van der Waals surface area contributed by atoms with Crippen molar-refractivity contribution in [1.29, 1.82) is 0 Å². The third-order valence-corrected chi connectivity index (χ3v) is 4.60. The van der Waals surface area contributed by atoms with Gasteiger partial charge >= 0.3 is 0 Å². The van der Waals surface area contributed by atoms with Crippen molar-refractivity contribution in [3.63, 3.8) is 0 Å². The quantitative estimate of drug-likeness (QED) is 0.551. The standard InChI is InChI=1S/C22H20N6O/c1-2-28-14-18(21(27-28)17-4-3-10-24-13-17)19-9-11-25-20(26-19)12-15-5-7-16(8-6-15)22(23)29/h3-11,13-14H,2,12H2,1H3,(H2,23,29). The maximum atomic E-state index is 11.2. The molecule has 3 heterocycles. The zero-order chi connectivity index (χ0) is 20.2. The van der Waals surface area contributed by atoms with Gasteiger partial charge in [0.1, 0.15) is 11.5 Å². The summed E-state index contributed by atoms with van der Waals surface area (Å²) in [4.78, 5) is 24.6. The fourth-order valence-electron chi connectivity index (χ4n) is 3.09. The fraction of sp³-hybridized carbons (Fsp3) is 0.136. The Morgan fingerprint density at radius 3 is 2.62 bits per heavy atom. The second-order valence-electron chi connectivity index (χ2n) is 6.58. The van der Waals surface area contributed by atoms with Crippen molar-refractivity contribution >= 4 is 5.91 Å². The molecule has 0 aliphatic carbocycles. The molecule has 0 aliphatic rings. The molecule has 0 aliphatic heterocycles. The van der Waals surface area contributed by atoms with E-state index in [1.165, 1.54) is 0 Å². The lowest BCUT2D eigenvalue weighted by Gasteiger charge is -2.05. The highest BCUT2D eigenvalue weighted by atomic mass is 16.1. The van der Waals surface area contributed by atoms with Gasteiger partial charge in [0.25, 0.3) is 0 Å². The molecule has 144 valence electrons. The van der Waals surface area contributed by atoms with Crippen LogP contribution in [0.15, 0.2) is 67.3 Å². The Bertz CT molecular complexity index is 1140. The second kappa shape index (κ2) is 8.02. The summed E-state index contributed by atoms with van der Waals surface area (Å²) in [7, 11) is 0. The number of benzene rings is 1. The van der Waals surface area contributed by atoms with E-state index in [0.29, 0.717) is 17.8 Å². The predicted octanol–water partition coefficient (Wildman–Crippen LogP) is 3.11. The lowest BCUT2D eigenvalue weighted by molar-refractivity contribution is 0.100. The van der Waals surface area contributed by atoms with E-state index in [9.17, 15) is 4.79 Å². The Balaban J connectivity index is 1.67. The molecule has 1 aromatic carbocycles. The molecule has 0 bridgehead atoms. The topological polar surface area (TPSA) is 99.6 Å². The van der Waals surface area contributed by atoms with Crippen molar-refractivity contribution in [2.45, 2.75) is 19.9 Å². The summed E-state index contributed by atoms with van der Waals surface area (Å²) in [6.45, 7) is 2.81. The highest BCUT2D eigenvalue weighted by Crippen LogP contribution is 2.29. The third kappa shape index (κ3) is 4.03. The molecule has 0 fully saturated rings. The van der Waals surface area contributed by atoms with E-state index in [4.69, 9.17) is 10.7 Å². The Morgan fingerprint density at radius 2 is 1.93 bits per heavy atom. The predicted molar refractivity (Wildman–Crippen MR) is 110 cm³/mol. The number of hydrogen-bond donors (Lipinski definition) is 1. The molecule has 4 aromatic rings. The van der Waals surface area contributed by atoms with Gasteiger partial charge in [0.15, 0.2) is 0 Å². The normalized spacial score (nSPS) is 10.8. The zero-order valence-electron chi connectivity index (χ0n) is 16.0. The average molecular weight is 384 g/mol. The molecule has 0 saturated carbocycles. The number of carbonyl (C=O) groups excluding carboxylic acids is 1. The molecule has 7 nitrogen and oxygen atoms in total. The van der Waals surface area contributed by atoms with Gasteiger partial charge in [-0.25, -0.2) is 9.97 Å². The van der Waals surface area contributed by atoms with Crippen LogP contribution in [0.4, 0.5) is 0 Å². The molecule has 3 aromatic heterocycles. The molecule has 0 radical (unpaired) electrons. The third-order valence-electron chi connectivity index (χ3n) is 4.60. The largest absolute Gasteiger partial charge is 0.366 e. The minimum atomic E-state index is -0.439. The number of amides is 1. The van der Waals surface area contributed by atoms with Gasteiger partial charge in [-0.1, -0.05) is 12.1 Å². The minimum absolute atomic E-state index is 0.439. The minimum Gasteiger partial charge on any atom is -0.366 e. The van der Waals surface area contributed by atoms with Crippen molar-refractivity contribution in [2.24, 2.45) is 5.73 Å². The van der Waals surface area contributed by atoms with Crippen molar-refractivity contribution in [3.8, 4) is 22.5 Å². The first-order valence-electron chi connectivity index (χ1n) is 9.33. The first-order chi connectivity index (χ1) is 14.1. The number of nitrogens with two attached hydrogens (primary N) is 1. The van der Waals surface area contributed by atoms with Crippen LogP contribution in [-0.2, 0) is 13.0 Å². The summed E-state index contributed by atoms with van der Waals surface area (Å²) in [6, 6.07) is 12.9. The SMILES string of the molecule is CCn1cc(-c2ccnc(Cc3ccc(C(N)=O)cc3)n2)c(-c2cccnc2)n1. The van der Waals surface area contributed by atoms with Crippen LogP contribution in [0.1, 0.15) is 28.7 Å². The Kier molecular flexibility index (Phi) is 5.11. The van der Waals surface area contributed by atoms with Gasteiger partial charge in [0.05, 0.1) is 5.69 Å². The van der Waals surface area contributed by atoms with E-state index >= 15 is 0 Å². The van der Waals surface area contributed by atoms with Crippen LogP contribution in [0, 0.1) is 0 Å². The van der Waals surface area contributed by atoms with E-state index in [0.717, 1.165) is 34.6 Å². The molecular weight excluding hydrogens is 364 g/mol. The smallest absolute Gasteiger partial charge is 0.248 e. The molecule has 0 atom stereocenters. The number of carbonyl (C=O) groups is 1. The van der Waals surface area contributed by atoms with Crippen molar-refractivity contribution in [2.75, 3.05) is 0 Å². The molecule has 0 spiro atoms. The summed E-state index contributed by atoms with van der Waals surface area (Å²) in [6.07, 6.45) is 7.85. The summed E-state index contributed by atoms with van der Waals surface area (Å²) < 4.78 is 1.89. The van der Waals surface area contributed by atoms with Crippen LogP contribution >= 0.6 is 0 Å². The van der Waals surface area contributed by atoms with Crippen molar-refractivity contribution in [3.05, 3.63) is 84.2 Å². The number of primary amides is 1. The molecule has 4 rings (SSSR count). The van der Waals surface area contributed by atoms with E-state index in [-0.39, 0.29) is 0 Å². The van der Waals surface area contributed by atoms with Gasteiger partial charge < -0.3 is 5.73 Å². The molecular formula is C22H20N6O. The Morgan fingerprint density at radius 1 is 1.10 bits per heavy atom. The number of pyridine rings is 1. The summed E-state index contributed by atoms with van der Waals surface area (Å²) in [5, 5.41) is 4.69. The van der Waals surface area contributed by atoms with Gasteiger partial charge in [-0.15, -0.1) is 0 Å². The van der Waals surface area contributed by atoms with Gasteiger partial charge in [0, 0.05) is 54.4 Å². The fourth-order valence-corrected chi connectivity index (χ4v) is 3.09. The van der Waals surface area contributed by atoms with Crippen LogP contribution in [0.3, 0.4) is 0 Å². The number of aromatic nitrogens is 5. The van der Waals surface area contributed by atoms with E-state index in [1.54, 1.807) is 30.7 Å². The Hall–Kier alpha value is -3.87. The van der Waals surface area contributed by atoms with Crippen LogP contribution in [-0.4, -0.2) is 30.6 Å². The maximum Gasteiger partial charge on any atom is 0.248 e. The lowest BCUT2D eigenvalue weighted by atomic mass is 10.1. The molecule has 0 saturated heterocycles. The van der Waals surface area contributed by atoms with Gasteiger partial charge in [0.2, 0.25) is 5.91 Å². The molecule has 2 N–H and O–H groups in total. The van der Waals surface area contributed by atoms with Crippen LogP contribution in [0.5, 0.6) is 0 Å². The monoisotopic (exact) mass is 384 g/mol. The van der Waals surface area contributed by atoms with Gasteiger partial charge in [-0.2, -0.15) is 5.10 Å². The average Bonchev–Trinajstić information content (AvgIpc) is 3.20. The highest BCUT2D eigenvalue weighted by Gasteiger charge is 2.15.